The average molecular weight is 239 g/mol. The van der Waals surface area contributed by atoms with Gasteiger partial charge >= 0.3 is 5.69 Å². The molecule has 92 valence electrons. The van der Waals surface area contributed by atoms with E-state index in [0.29, 0.717) is 18.7 Å². The summed E-state index contributed by atoms with van der Waals surface area (Å²) in [6, 6.07) is 2.82. The molecule has 0 atom stereocenters. The van der Waals surface area contributed by atoms with E-state index in [0.717, 1.165) is 0 Å². The van der Waals surface area contributed by atoms with E-state index in [1.54, 1.807) is 0 Å². The van der Waals surface area contributed by atoms with E-state index >= 15 is 0 Å². The highest BCUT2D eigenvalue weighted by Gasteiger charge is 2.29. The number of anilines is 1. The number of ether oxygens (including phenoxy) is 1. The number of nitrogens with zero attached hydrogens (tertiary/aromatic N) is 2. The first kappa shape index (κ1) is 11.6. The molecule has 0 amide bonds. The Morgan fingerprint density at radius 2 is 2.29 bits per heavy atom. The van der Waals surface area contributed by atoms with Gasteiger partial charge in [0.15, 0.2) is 0 Å². The molecule has 0 aromatic carbocycles. The summed E-state index contributed by atoms with van der Waals surface area (Å²) in [5, 5.41) is 22.9. The van der Waals surface area contributed by atoms with Crippen molar-refractivity contribution in [1.29, 1.82) is 0 Å². The second-order valence-corrected chi connectivity index (χ2v) is 3.94. The number of rotatable bonds is 4. The minimum Gasteiger partial charge on any atom is -0.481 e. The summed E-state index contributed by atoms with van der Waals surface area (Å²) in [7, 11) is 1.45. The molecule has 1 aliphatic rings. The van der Waals surface area contributed by atoms with Gasteiger partial charge in [-0.1, -0.05) is 0 Å². The van der Waals surface area contributed by atoms with Crippen molar-refractivity contribution in [1.82, 2.24) is 4.98 Å². The molecule has 7 nitrogen and oxygen atoms in total. The van der Waals surface area contributed by atoms with E-state index in [-0.39, 0.29) is 23.7 Å². The number of aliphatic hydroxyl groups excluding tert-OH is 1. The minimum absolute atomic E-state index is 0.0308. The third-order valence-electron chi connectivity index (χ3n) is 2.71. The predicted octanol–water partition coefficient (Wildman–Crippen LogP) is 0.934. The second-order valence-electron chi connectivity index (χ2n) is 3.94. The van der Waals surface area contributed by atoms with Gasteiger partial charge in [0.05, 0.1) is 18.1 Å². The van der Waals surface area contributed by atoms with Crippen molar-refractivity contribution >= 4 is 11.5 Å². The minimum atomic E-state index is -0.496. The quantitative estimate of drug-likeness (QED) is 0.599. The highest BCUT2D eigenvalue weighted by molar-refractivity contribution is 5.57. The fraction of sp³-hybridized carbons (Fsp3) is 0.500. The molecule has 0 unspecified atom stereocenters. The lowest BCUT2D eigenvalue weighted by atomic mass is 9.89. The lowest BCUT2D eigenvalue weighted by molar-refractivity contribution is -0.384. The van der Waals surface area contributed by atoms with Crippen LogP contribution in [0.25, 0.3) is 0 Å². The maximum absolute atomic E-state index is 10.8. The molecule has 1 heterocycles. The van der Waals surface area contributed by atoms with E-state index in [4.69, 9.17) is 9.84 Å². The molecule has 1 aromatic rings. The van der Waals surface area contributed by atoms with Gasteiger partial charge < -0.3 is 15.2 Å². The van der Waals surface area contributed by atoms with Crippen molar-refractivity contribution < 1.29 is 14.8 Å². The molecule has 2 N–H and O–H groups in total. The zero-order valence-electron chi connectivity index (χ0n) is 9.29. The van der Waals surface area contributed by atoms with Crippen LogP contribution >= 0.6 is 0 Å². The third kappa shape index (κ3) is 2.44. The highest BCUT2D eigenvalue weighted by atomic mass is 16.6. The van der Waals surface area contributed by atoms with Crippen LogP contribution in [0, 0.1) is 10.1 Å². The third-order valence-corrected chi connectivity index (χ3v) is 2.71. The van der Waals surface area contributed by atoms with Crippen molar-refractivity contribution in [2.75, 3.05) is 12.4 Å². The maximum Gasteiger partial charge on any atom is 0.311 e. The molecule has 1 fully saturated rings. The summed E-state index contributed by atoms with van der Waals surface area (Å²) in [6.45, 7) is 0. The van der Waals surface area contributed by atoms with Crippen LogP contribution < -0.4 is 10.1 Å². The molecule has 0 radical (unpaired) electrons. The van der Waals surface area contributed by atoms with Crippen LogP contribution in [0.3, 0.4) is 0 Å². The summed E-state index contributed by atoms with van der Waals surface area (Å²) in [6.07, 6.45) is 0.837. The first-order chi connectivity index (χ1) is 8.10. The summed E-state index contributed by atoms with van der Waals surface area (Å²) in [4.78, 5) is 14.3. The van der Waals surface area contributed by atoms with Gasteiger partial charge in [-0.3, -0.25) is 10.1 Å². The van der Waals surface area contributed by atoms with Crippen molar-refractivity contribution in [3.8, 4) is 5.88 Å². The van der Waals surface area contributed by atoms with Crippen molar-refractivity contribution in [3.63, 3.8) is 0 Å². The van der Waals surface area contributed by atoms with Gasteiger partial charge in [0.2, 0.25) is 11.7 Å². The Labute approximate surface area is 97.6 Å². The molecular formula is C10H13N3O4. The number of hydrogen-bond acceptors (Lipinski definition) is 6. The highest BCUT2D eigenvalue weighted by Crippen LogP contribution is 2.29. The fourth-order valence-electron chi connectivity index (χ4n) is 1.70. The maximum atomic E-state index is 10.8. The number of aromatic nitrogens is 1. The van der Waals surface area contributed by atoms with Crippen LogP contribution in [-0.2, 0) is 0 Å². The lowest BCUT2D eigenvalue weighted by Gasteiger charge is -2.32. The molecule has 1 saturated carbocycles. The van der Waals surface area contributed by atoms with Crippen LogP contribution in [-0.4, -0.2) is 34.3 Å². The first-order valence-corrected chi connectivity index (χ1v) is 5.24. The largest absolute Gasteiger partial charge is 0.481 e. The zero-order chi connectivity index (χ0) is 12.4. The molecule has 1 aromatic heterocycles. The summed E-state index contributed by atoms with van der Waals surface area (Å²) >= 11 is 0. The van der Waals surface area contributed by atoms with Gasteiger partial charge in [-0.25, -0.2) is 0 Å². The Bertz CT molecular complexity index is 432. The average Bonchev–Trinajstić information content (AvgIpc) is 2.26. The van der Waals surface area contributed by atoms with Gasteiger partial charge in [0, 0.05) is 18.2 Å². The van der Waals surface area contributed by atoms with Gasteiger partial charge in [-0.15, -0.1) is 0 Å². The van der Waals surface area contributed by atoms with E-state index in [9.17, 15) is 10.1 Å². The van der Waals surface area contributed by atoms with Gasteiger partial charge in [-0.05, 0) is 12.8 Å². The Hall–Kier alpha value is -1.89. The van der Waals surface area contributed by atoms with Gasteiger partial charge in [0.1, 0.15) is 0 Å². The van der Waals surface area contributed by atoms with Crippen LogP contribution in [0.15, 0.2) is 12.1 Å². The predicted molar refractivity (Wildman–Crippen MR) is 60.1 cm³/mol. The van der Waals surface area contributed by atoms with Crippen LogP contribution in [0.1, 0.15) is 12.8 Å². The molecular weight excluding hydrogens is 226 g/mol. The molecule has 7 heteroatoms. The zero-order valence-corrected chi connectivity index (χ0v) is 9.29. The Balaban J connectivity index is 2.19. The van der Waals surface area contributed by atoms with Gasteiger partial charge in [-0.2, -0.15) is 4.98 Å². The Kier molecular flexibility index (Phi) is 3.10. The molecule has 17 heavy (non-hydrogen) atoms. The summed E-state index contributed by atoms with van der Waals surface area (Å²) in [5.41, 5.74) is -0.0906. The Morgan fingerprint density at radius 1 is 1.59 bits per heavy atom. The molecule has 0 aliphatic heterocycles. The van der Waals surface area contributed by atoms with E-state index in [1.165, 1.54) is 19.2 Å². The molecule has 2 rings (SSSR count). The number of aliphatic hydroxyl groups is 1. The van der Waals surface area contributed by atoms with Crippen LogP contribution in [0.2, 0.25) is 0 Å². The first-order valence-electron chi connectivity index (χ1n) is 5.24. The summed E-state index contributed by atoms with van der Waals surface area (Å²) in [5.74, 6) is 0.504. The Morgan fingerprint density at radius 3 is 2.82 bits per heavy atom. The second kappa shape index (κ2) is 4.54. The lowest BCUT2D eigenvalue weighted by Crippen LogP contribution is -2.39. The molecule has 0 saturated heterocycles. The standard InChI is InChI=1S/C10H13N3O4/c1-17-9-3-2-8(13(15)16)10(12-9)11-6-4-7(14)5-6/h2-3,6-7,14H,4-5H2,1H3,(H,11,12). The summed E-state index contributed by atoms with van der Waals surface area (Å²) < 4.78 is 4.92. The van der Waals surface area contributed by atoms with E-state index in [1.807, 2.05) is 0 Å². The van der Waals surface area contributed by atoms with Crippen LogP contribution in [0.4, 0.5) is 11.5 Å². The van der Waals surface area contributed by atoms with Crippen molar-refractivity contribution in [3.05, 3.63) is 22.2 Å². The number of hydrogen-bond donors (Lipinski definition) is 2. The number of methoxy groups -OCH3 is 1. The number of nitro groups is 1. The molecule has 1 aliphatic carbocycles. The van der Waals surface area contributed by atoms with E-state index in [2.05, 4.69) is 10.3 Å². The smallest absolute Gasteiger partial charge is 0.311 e. The van der Waals surface area contributed by atoms with Crippen molar-refractivity contribution in [2.45, 2.75) is 25.0 Å². The van der Waals surface area contributed by atoms with Crippen LogP contribution in [0.5, 0.6) is 5.88 Å². The normalized spacial score (nSPS) is 22.7. The molecule has 0 bridgehead atoms. The SMILES string of the molecule is COc1ccc([N+](=O)[O-])c(NC2CC(O)C2)n1. The fourth-order valence-corrected chi connectivity index (χ4v) is 1.70. The van der Waals surface area contributed by atoms with Crippen molar-refractivity contribution in [2.24, 2.45) is 0 Å². The topological polar surface area (TPSA) is 97.5 Å². The van der Waals surface area contributed by atoms with Gasteiger partial charge in [0.25, 0.3) is 0 Å². The van der Waals surface area contributed by atoms with E-state index < -0.39 is 4.92 Å². The monoisotopic (exact) mass is 239 g/mol. The molecule has 0 spiro atoms. The number of nitrogens with one attached hydrogen (secondary N) is 1. The number of pyridine rings is 1.